The van der Waals surface area contributed by atoms with Gasteiger partial charge in [-0.2, -0.15) is 0 Å². The lowest BCUT2D eigenvalue weighted by atomic mass is 10.1. The average Bonchev–Trinajstić information content (AvgIpc) is 2.88. The second kappa shape index (κ2) is 6.41. The van der Waals surface area contributed by atoms with Gasteiger partial charge in [0, 0.05) is 5.56 Å². The molecule has 0 saturated heterocycles. The Labute approximate surface area is 124 Å². The van der Waals surface area contributed by atoms with Crippen LogP contribution < -0.4 is 5.73 Å². The number of aromatic nitrogens is 3. The molecule has 1 atom stereocenters. The lowest BCUT2D eigenvalue weighted by molar-refractivity contribution is 0.524. The Kier molecular flexibility index (Phi) is 4.82. The van der Waals surface area contributed by atoms with Gasteiger partial charge >= 0.3 is 0 Å². The zero-order chi connectivity index (χ0) is 14.7. The molecule has 0 amide bonds. The van der Waals surface area contributed by atoms with Gasteiger partial charge in [-0.15, -0.1) is 5.10 Å². The molecule has 1 aromatic heterocycles. The third-order valence-electron chi connectivity index (χ3n) is 2.99. The molecule has 1 heterocycles. The molecule has 0 saturated carbocycles. The van der Waals surface area contributed by atoms with E-state index in [1.807, 2.05) is 6.92 Å². The van der Waals surface area contributed by atoms with Crippen molar-refractivity contribution in [2.45, 2.75) is 32.4 Å². The number of rotatable bonds is 5. The minimum atomic E-state index is -0.625. The van der Waals surface area contributed by atoms with Crippen LogP contribution in [0.4, 0.5) is 8.78 Å². The second-order valence-corrected chi connectivity index (χ2v) is 5.41. The average molecular weight is 345 g/mol. The Hall–Kier alpha value is -1.34. The van der Waals surface area contributed by atoms with Gasteiger partial charge in [0.25, 0.3) is 0 Å². The standard InChI is InChI=1S/C13H15BrF2N4/c1-2-3-11(17)12-7-20(19-18-12)6-8-10(15)5-4-9(14)13(8)16/h4-5,7,11H,2-3,6,17H2,1H3. The van der Waals surface area contributed by atoms with Gasteiger partial charge in [0.2, 0.25) is 0 Å². The molecule has 1 aromatic carbocycles. The summed E-state index contributed by atoms with van der Waals surface area (Å²) < 4.78 is 29.1. The molecule has 0 bridgehead atoms. The van der Waals surface area contributed by atoms with E-state index in [4.69, 9.17) is 5.73 Å². The van der Waals surface area contributed by atoms with Gasteiger partial charge in [0.15, 0.2) is 0 Å². The number of halogens is 3. The molecule has 20 heavy (non-hydrogen) atoms. The van der Waals surface area contributed by atoms with Crippen molar-refractivity contribution < 1.29 is 8.78 Å². The molecular formula is C13H15BrF2N4. The Morgan fingerprint density at radius 2 is 2.15 bits per heavy atom. The van der Waals surface area contributed by atoms with Gasteiger partial charge < -0.3 is 5.73 Å². The number of nitrogens with two attached hydrogens (primary N) is 1. The van der Waals surface area contributed by atoms with E-state index in [2.05, 4.69) is 26.2 Å². The fourth-order valence-electron chi connectivity index (χ4n) is 1.90. The molecule has 2 rings (SSSR count). The molecule has 0 spiro atoms. The van der Waals surface area contributed by atoms with E-state index >= 15 is 0 Å². The fourth-order valence-corrected chi connectivity index (χ4v) is 2.27. The van der Waals surface area contributed by atoms with Crippen molar-refractivity contribution in [1.82, 2.24) is 15.0 Å². The van der Waals surface area contributed by atoms with Crippen LogP contribution >= 0.6 is 15.9 Å². The van der Waals surface area contributed by atoms with Gasteiger partial charge in [-0.3, -0.25) is 0 Å². The van der Waals surface area contributed by atoms with Crippen molar-refractivity contribution in [3.63, 3.8) is 0 Å². The van der Waals surface area contributed by atoms with Crippen molar-refractivity contribution in [2.75, 3.05) is 0 Å². The summed E-state index contributed by atoms with van der Waals surface area (Å²) in [6.07, 6.45) is 3.35. The first-order valence-electron chi connectivity index (χ1n) is 6.31. The van der Waals surface area contributed by atoms with E-state index in [0.29, 0.717) is 5.69 Å². The lowest BCUT2D eigenvalue weighted by Crippen LogP contribution is -2.10. The van der Waals surface area contributed by atoms with Crippen LogP contribution in [0.15, 0.2) is 22.8 Å². The second-order valence-electron chi connectivity index (χ2n) is 4.56. The normalized spacial score (nSPS) is 12.7. The lowest BCUT2D eigenvalue weighted by Gasteiger charge is -2.06. The zero-order valence-electron chi connectivity index (χ0n) is 11.0. The van der Waals surface area contributed by atoms with Crippen LogP contribution in [-0.2, 0) is 6.54 Å². The third kappa shape index (κ3) is 3.21. The molecule has 1 unspecified atom stereocenters. The molecule has 4 nitrogen and oxygen atoms in total. The van der Waals surface area contributed by atoms with Crippen molar-refractivity contribution in [1.29, 1.82) is 0 Å². The monoisotopic (exact) mass is 344 g/mol. The summed E-state index contributed by atoms with van der Waals surface area (Å²) in [7, 11) is 0. The summed E-state index contributed by atoms with van der Waals surface area (Å²) in [6, 6.07) is 2.34. The number of benzene rings is 1. The van der Waals surface area contributed by atoms with Gasteiger partial charge in [-0.1, -0.05) is 18.6 Å². The van der Waals surface area contributed by atoms with E-state index < -0.39 is 11.6 Å². The van der Waals surface area contributed by atoms with Gasteiger partial charge in [-0.05, 0) is 34.5 Å². The molecule has 0 aliphatic heterocycles. The minimum absolute atomic E-state index is 0.0248. The van der Waals surface area contributed by atoms with Gasteiger partial charge in [-0.25, -0.2) is 13.5 Å². The highest BCUT2D eigenvalue weighted by molar-refractivity contribution is 9.10. The predicted molar refractivity (Wildman–Crippen MR) is 75.0 cm³/mol. The first kappa shape index (κ1) is 15.1. The first-order chi connectivity index (χ1) is 9.52. The third-order valence-corrected chi connectivity index (χ3v) is 3.61. The Morgan fingerprint density at radius 1 is 1.40 bits per heavy atom. The SMILES string of the molecule is CCCC(N)c1cn(Cc2c(F)ccc(Br)c2F)nn1. The van der Waals surface area contributed by atoms with E-state index in [9.17, 15) is 8.78 Å². The topological polar surface area (TPSA) is 56.7 Å². The van der Waals surface area contributed by atoms with Crippen LogP contribution in [0.2, 0.25) is 0 Å². The summed E-state index contributed by atoms with van der Waals surface area (Å²) in [4.78, 5) is 0. The van der Waals surface area contributed by atoms with Crippen molar-refractivity contribution in [3.8, 4) is 0 Å². The van der Waals surface area contributed by atoms with Crippen LogP contribution in [0.3, 0.4) is 0 Å². The Morgan fingerprint density at radius 3 is 2.85 bits per heavy atom. The summed E-state index contributed by atoms with van der Waals surface area (Å²) in [6.45, 7) is 2.00. The molecule has 0 aliphatic rings. The number of hydrogen-bond acceptors (Lipinski definition) is 3. The molecular weight excluding hydrogens is 330 g/mol. The summed E-state index contributed by atoms with van der Waals surface area (Å²) >= 11 is 3.04. The molecule has 0 fully saturated rings. The van der Waals surface area contributed by atoms with E-state index in [0.717, 1.165) is 12.8 Å². The smallest absolute Gasteiger partial charge is 0.145 e. The maximum absolute atomic E-state index is 13.9. The Balaban J connectivity index is 2.21. The highest BCUT2D eigenvalue weighted by Gasteiger charge is 2.15. The molecule has 2 aromatic rings. The minimum Gasteiger partial charge on any atom is -0.323 e. The quantitative estimate of drug-likeness (QED) is 0.847. The summed E-state index contributed by atoms with van der Waals surface area (Å²) in [5.74, 6) is -1.24. The van der Waals surface area contributed by atoms with E-state index in [1.54, 1.807) is 6.20 Å². The van der Waals surface area contributed by atoms with Gasteiger partial charge in [0.1, 0.15) is 11.6 Å². The molecule has 7 heteroatoms. The highest BCUT2D eigenvalue weighted by atomic mass is 79.9. The van der Waals surface area contributed by atoms with E-state index in [1.165, 1.54) is 16.8 Å². The maximum atomic E-state index is 13.9. The van der Waals surface area contributed by atoms with E-state index in [-0.39, 0.29) is 22.6 Å². The molecule has 2 N–H and O–H groups in total. The first-order valence-corrected chi connectivity index (χ1v) is 7.10. The van der Waals surface area contributed by atoms with Gasteiger partial charge in [0.05, 0.1) is 29.0 Å². The van der Waals surface area contributed by atoms with Crippen LogP contribution in [0.5, 0.6) is 0 Å². The molecule has 0 radical (unpaired) electrons. The summed E-state index contributed by atoms with van der Waals surface area (Å²) in [5.41, 5.74) is 6.50. The van der Waals surface area contributed by atoms with Crippen LogP contribution in [0.1, 0.15) is 37.1 Å². The van der Waals surface area contributed by atoms with Crippen molar-refractivity contribution in [2.24, 2.45) is 5.73 Å². The fraction of sp³-hybridized carbons (Fsp3) is 0.385. The number of nitrogens with zero attached hydrogens (tertiary/aromatic N) is 3. The largest absolute Gasteiger partial charge is 0.323 e. The summed E-state index contributed by atoms with van der Waals surface area (Å²) in [5, 5.41) is 7.81. The maximum Gasteiger partial charge on any atom is 0.145 e. The Bertz CT molecular complexity index is 600. The van der Waals surface area contributed by atoms with Crippen LogP contribution in [0, 0.1) is 11.6 Å². The molecule has 0 aliphatic carbocycles. The highest BCUT2D eigenvalue weighted by Crippen LogP contribution is 2.22. The van der Waals surface area contributed by atoms with Crippen LogP contribution in [0.25, 0.3) is 0 Å². The van der Waals surface area contributed by atoms with Crippen molar-refractivity contribution in [3.05, 3.63) is 45.7 Å². The molecule has 108 valence electrons. The van der Waals surface area contributed by atoms with Crippen molar-refractivity contribution >= 4 is 15.9 Å². The predicted octanol–water partition coefficient (Wildman–Crippen LogP) is 3.17. The van der Waals surface area contributed by atoms with Crippen LogP contribution in [-0.4, -0.2) is 15.0 Å². The number of hydrogen-bond donors (Lipinski definition) is 1. The zero-order valence-corrected chi connectivity index (χ0v) is 12.6.